The highest BCUT2D eigenvalue weighted by molar-refractivity contribution is 6.13. The van der Waals surface area contributed by atoms with E-state index >= 15 is 0 Å². The molecule has 15 aromatic carbocycles. The van der Waals surface area contributed by atoms with Gasteiger partial charge < -0.3 is 19.3 Å². The molecular formula is C88H60N4. The predicted octanol–water partition coefficient (Wildman–Crippen LogP) is 23.4. The highest BCUT2D eigenvalue weighted by Gasteiger charge is 2.51. The van der Waals surface area contributed by atoms with Gasteiger partial charge in [0.15, 0.2) is 0 Å². The first-order valence-electron chi connectivity index (χ1n) is 31.9. The van der Waals surface area contributed by atoms with Crippen LogP contribution < -0.4 is 14.7 Å². The van der Waals surface area contributed by atoms with Gasteiger partial charge in [0, 0.05) is 67.3 Å². The summed E-state index contributed by atoms with van der Waals surface area (Å²) in [5, 5.41) is 7.21. The van der Waals surface area contributed by atoms with Gasteiger partial charge in [0.05, 0.1) is 33.5 Å². The minimum Gasteiger partial charge on any atom is -0.311 e. The summed E-state index contributed by atoms with van der Waals surface area (Å²) in [5.74, 6) is 0.0610. The Morgan fingerprint density at radius 1 is 0.250 bits per heavy atom. The van der Waals surface area contributed by atoms with Crippen LogP contribution in [0.15, 0.2) is 358 Å². The van der Waals surface area contributed by atoms with E-state index in [0.29, 0.717) is 0 Å². The van der Waals surface area contributed by atoms with E-state index in [2.05, 4.69) is 377 Å². The summed E-state index contributed by atoms with van der Waals surface area (Å²) < 4.78 is 2.55. The molecule has 4 nitrogen and oxygen atoms in total. The molecule has 4 heteroatoms. The van der Waals surface area contributed by atoms with E-state index in [0.717, 1.165) is 51.2 Å². The van der Waals surface area contributed by atoms with Crippen molar-refractivity contribution >= 4 is 94.5 Å². The molecule has 0 radical (unpaired) electrons. The highest BCUT2D eigenvalue weighted by atomic mass is 15.2. The van der Waals surface area contributed by atoms with Crippen LogP contribution in [0.5, 0.6) is 0 Å². The zero-order valence-electron chi connectivity index (χ0n) is 50.4. The quantitative estimate of drug-likeness (QED) is 0.113. The molecular weight excluding hydrogens is 1110 g/mol. The fourth-order valence-corrected chi connectivity index (χ4v) is 15.6. The highest BCUT2D eigenvalue weighted by Crippen LogP contribution is 2.63. The first-order chi connectivity index (χ1) is 45.7. The molecule has 2 aliphatic rings. The summed E-state index contributed by atoms with van der Waals surface area (Å²) >= 11 is 0. The van der Waals surface area contributed by atoms with Crippen molar-refractivity contribution < 1.29 is 0 Å². The minimum atomic E-state index is -0.788. The number of rotatable bonds is 12. The van der Waals surface area contributed by atoms with Crippen LogP contribution >= 0.6 is 0 Å². The number of hydrogen-bond acceptors (Lipinski definition) is 3. The molecule has 0 bridgehead atoms. The van der Waals surface area contributed by atoms with E-state index in [4.69, 9.17) is 0 Å². The molecule has 1 atom stereocenters. The zero-order valence-corrected chi connectivity index (χ0v) is 50.4. The van der Waals surface area contributed by atoms with Gasteiger partial charge in [-0.1, -0.05) is 249 Å². The van der Waals surface area contributed by atoms with Gasteiger partial charge in [-0.3, -0.25) is 0 Å². The van der Waals surface area contributed by atoms with Gasteiger partial charge in [0.2, 0.25) is 0 Å². The van der Waals surface area contributed by atoms with Crippen molar-refractivity contribution in [2.75, 3.05) is 14.7 Å². The van der Waals surface area contributed by atoms with E-state index < -0.39 is 5.41 Å². The fraction of sp³-hybridized carbons (Fsp3) is 0.0227. The third kappa shape index (κ3) is 8.31. The summed E-state index contributed by atoms with van der Waals surface area (Å²) in [4.78, 5) is 7.33. The summed E-state index contributed by atoms with van der Waals surface area (Å²) in [5.41, 5.74) is 23.8. The van der Waals surface area contributed by atoms with E-state index in [1.165, 1.54) is 99.1 Å². The van der Waals surface area contributed by atoms with Gasteiger partial charge in [-0.05, 0) is 170 Å². The topological polar surface area (TPSA) is 14.7 Å². The van der Waals surface area contributed by atoms with E-state index in [1.54, 1.807) is 0 Å². The Morgan fingerprint density at radius 2 is 0.630 bits per heavy atom. The van der Waals surface area contributed by atoms with Gasteiger partial charge in [-0.2, -0.15) is 0 Å². The Kier molecular flexibility index (Phi) is 12.5. The van der Waals surface area contributed by atoms with Gasteiger partial charge >= 0.3 is 0 Å². The number of aromatic nitrogens is 1. The normalized spacial score (nSPS) is 13.6. The van der Waals surface area contributed by atoms with Gasteiger partial charge in [-0.25, -0.2) is 0 Å². The molecule has 16 aromatic rings. The van der Waals surface area contributed by atoms with Crippen LogP contribution in [0, 0.1) is 0 Å². The van der Waals surface area contributed by atoms with Crippen molar-refractivity contribution in [3.63, 3.8) is 0 Å². The third-order valence-electron chi connectivity index (χ3n) is 19.4. The molecule has 0 saturated heterocycles. The Labute approximate surface area is 535 Å². The van der Waals surface area contributed by atoms with Crippen molar-refractivity contribution in [2.45, 2.75) is 11.3 Å². The fourth-order valence-electron chi connectivity index (χ4n) is 15.6. The monoisotopic (exact) mass is 1170 g/mol. The SMILES string of the molecule is c1ccc(C(c2ccccc2)c2ccc(N(c3ccc4c(c3)C3(c5cc(N(c6ccc(N(c7ccccc7)c7ccccc7)cc6)c6cccc7ccccc67)ccc5-4)c4ccccc4-n4c5ccccc5c5cccc3c54)c3cccc4ccccc34)cc2)cc1. The van der Waals surface area contributed by atoms with Crippen LogP contribution in [0.25, 0.3) is 60.2 Å². The average Bonchev–Trinajstić information content (AvgIpc) is 1.47. The smallest absolute Gasteiger partial charge is 0.0756 e. The van der Waals surface area contributed by atoms with Crippen molar-refractivity contribution in [3.8, 4) is 16.8 Å². The maximum Gasteiger partial charge on any atom is 0.0756 e. The molecule has 92 heavy (non-hydrogen) atoms. The molecule has 18 rings (SSSR count). The molecule has 0 N–H and O–H groups in total. The number of benzene rings is 15. The second-order valence-corrected chi connectivity index (χ2v) is 24.3. The van der Waals surface area contributed by atoms with E-state index in [1.807, 2.05) is 0 Å². The van der Waals surface area contributed by atoms with Gasteiger partial charge in [-0.15, -0.1) is 0 Å². The van der Waals surface area contributed by atoms with Crippen molar-refractivity contribution in [1.29, 1.82) is 0 Å². The minimum absolute atomic E-state index is 0.0610. The Balaban J connectivity index is 0.876. The standard InChI is InChI=1S/C88H60N4/c1-5-26-62(27-6-1)86(63-28-7-2-8-29-63)64-46-48-68(49-47-64)90(82-44-21-30-60-24-13-15-36-72(60)82)70-54-56-74-75-57-55-71(59-81(75)88(80(74)58-70)78-40-18-20-43-85(78)92-84-42-19-17-38-76(84)77-39-23-41-79(88)87(77)92)91(83-45-22-31-61-25-14-16-37-73(61)83)69-52-50-67(51-53-69)89(65-32-9-3-10-33-65)66-34-11-4-12-35-66/h1-59,86H. The van der Waals surface area contributed by atoms with Crippen LogP contribution in [-0.4, -0.2) is 4.57 Å². The second-order valence-electron chi connectivity index (χ2n) is 24.3. The molecule has 0 fully saturated rings. The molecule has 1 aliphatic carbocycles. The van der Waals surface area contributed by atoms with Gasteiger partial charge in [0.25, 0.3) is 0 Å². The Bertz CT molecular complexity index is 5120. The second kappa shape index (κ2) is 21.7. The lowest BCUT2D eigenvalue weighted by Gasteiger charge is -2.40. The van der Waals surface area contributed by atoms with E-state index in [9.17, 15) is 0 Å². The van der Waals surface area contributed by atoms with Gasteiger partial charge in [0.1, 0.15) is 0 Å². The lowest BCUT2D eigenvalue weighted by molar-refractivity contribution is 0.748. The largest absolute Gasteiger partial charge is 0.311 e. The number of para-hydroxylation sites is 5. The lowest BCUT2D eigenvalue weighted by atomic mass is 9.65. The van der Waals surface area contributed by atoms with Crippen molar-refractivity contribution in [1.82, 2.24) is 4.57 Å². The summed E-state index contributed by atoms with van der Waals surface area (Å²) in [7, 11) is 0. The number of fused-ring (bicyclic) bond motifs is 14. The van der Waals surface area contributed by atoms with Crippen LogP contribution in [-0.2, 0) is 5.41 Å². The molecule has 0 amide bonds. The number of anilines is 9. The first kappa shape index (κ1) is 53.1. The molecule has 2 heterocycles. The molecule has 432 valence electrons. The lowest BCUT2D eigenvalue weighted by Crippen LogP contribution is -2.33. The zero-order chi connectivity index (χ0) is 60.7. The van der Waals surface area contributed by atoms with E-state index in [-0.39, 0.29) is 5.92 Å². The van der Waals surface area contributed by atoms with Crippen LogP contribution in [0.1, 0.15) is 44.9 Å². The maximum atomic E-state index is 2.55. The third-order valence-corrected chi connectivity index (χ3v) is 19.4. The maximum absolute atomic E-state index is 2.55. The molecule has 0 saturated carbocycles. The van der Waals surface area contributed by atoms with Crippen molar-refractivity contribution in [3.05, 3.63) is 397 Å². The Hall–Kier alpha value is -12.0. The number of hydrogen-bond donors (Lipinski definition) is 0. The number of nitrogens with zero attached hydrogens (tertiary/aromatic N) is 4. The average molecular weight is 1170 g/mol. The van der Waals surface area contributed by atoms with Crippen LogP contribution in [0.4, 0.5) is 51.2 Å². The summed E-state index contributed by atoms with van der Waals surface area (Å²) in [6, 6.07) is 133. The van der Waals surface area contributed by atoms with Crippen molar-refractivity contribution in [2.24, 2.45) is 0 Å². The summed E-state index contributed by atoms with van der Waals surface area (Å²) in [6.45, 7) is 0. The van der Waals surface area contributed by atoms with Crippen LogP contribution in [0.2, 0.25) is 0 Å². The Morgan fingerprint density at radius 3 is 1.18 bits per heavy atom. The predicted molar refractivity (Wildman–Crippen MR) is 385 cm³/mol. The first-order valence-corrected chi connectivity index (χ1v) is 31.9. The molecule has 1 spiro atoms. The molecule has 1 aromatic heterocycles. The van der Waals surface area contributed by atoms with Crippen LogP contribution in [0.3, 0.4) is 0 Å². The summed E-state index contributed by atoms with van der Waals surface area (Å²) in [6.07, 6.45) is 0. The molecule has 1 unspecified atom stereocenters. The molecule has 1 aliphatic heterocycles.